The molecule has 0 saturated carbocycles. The van der Waals surface area contributed by atoms with Crippen LogP contribution in [-0.2, 0) is 4.79 Å². The first-order valence-corrected chi connectivity index (χ1v) is 8.16. The highest BCUT2D eigenvalue weighted by Gasteiger charge is 2.26. The van der Waals surface area contributed by atoms with E-state index in [0.29, 0.717) is 34.5 Å². The van der Waals surface area contributed by atoms with Gasteiger partial charge in [-0.3, -0.25) is 9.59 Å². The molecule has 0 amide bonds. The smallest absolute Gasteiger partial charge is 0.212 e. The number of hydrogen-bond acceptors (Lipinski definition) is 4. The van der Waals surface area contributed by atoms with Crippen molar-refractivity contribution >= 4 is 34.4 Å². The molecule has 4 nitrogen and oxygen atoms in total. The molecule has 0 aliphatic carbocycles. The number of rotatable bonds is 2. The Bertz CT molecular complexity index is 1080. The third-order valence-corrected chi connectivity index (χ3v) is 4.47. The molecule has 0 bridgehead atoms. The second-order valence-corrected chi connectivity index (χ2v) is 6.30. The van der Waals surface area contributed by atoms with E-state index < -0.39 is 0 Å². The van der Waals surface area contributed by atoms with Gasteiger partial charge >= 0.3 is 0 Å². The number of carbonyl (C=O) groups is 1. The van der Waals surface area contributed by atoms with Crippen LogP contribution in [0.4, 0.5) is 11.6 Å². The fourth-order valence-electron chi connectivity index (χ4n) is 3.13. The van der Waals surface area contributed by atoms with Gasteiger partial charge in [-0.25, -0.2) is 0 Å². The van der Waals surface area contributed by atoms with Gasteiger partial charge in [0.25, 0.3) is 0 Å². The van der Waals surface area contributed by atoms with Crippen LogP contribution >= 0.6 is 0 Å². The monoisotopic (exact) mass is 331 g/mol. The van der Waals surface area contributed by atoms with E-state index in [4.69, 9.17) is 4.42 Å². The summed E-state index contributed by atoms with van der Waals surface area (Å²) >= 11 is 0. The minimum absolute atomic E-state index is 0.0460. The zero-order valence-corrected chi connectivity index (χ0v) is 14.1. The molecule has 0 N–H and O–H groups in total. The maximum atomic E-state index is 13.0. The lowest BCUT2D eigenvalue weighted by molar-refractivity contribution is -0.113. The van der Waals surface area contributed by atoms with Crippen LogP contribution in [-0.4, -0.2) is 12.3 Å². The average Bonchev–Trinajstić information content (AvgIpc) is 2.62. The summed E-state index contributed by atoms with van der Waals surface area (Å²) < 4.78 is 6.09. The van der Waals surface area contributed by atoms with Gasteiger partial charge in [-0.15, -0.1) is 0 Å². The second-order valence-electron chi connectivity index (χ2n) is 6.30. The van der Waals surface area contributed by atoms with Crippen molar-refractivity contribution in [1.29, 1.82) is 0 Å². The normalized spacial score (nSPS) is 13.5. The first kappa shape index (κ1) is 15.4. The molecule has 3 aromatic rings. The van der Waals surface area contributed by atoms with Crippen molar-refractivity contribution < 1.29 is 9.21 Å². The van der Waals surface area contributed by atoms with E-state index in [1.54, 1.807) is 6.08 Å². The van der Waals surface area contributed by atoms with Crippen molar-refractivity contribution in [3.8, 4) is 0 Å². The number of hydrogen-bond donors (Lipinski definition) is 0. The topological polar surface area (TPSA) is 50.5 Å². The minimum atomic E-state index is -0.112. The molecular weight excluding hydrogens is 314 g/mol. The fourth-order valence-corrected chi connectivity index (χ4v) is 3.13. The Labute approximate surface area is 145 Å². The predicted molar refractivity (Wildman–Crippen MR) is 99.3 cm³/mol. The van der Waals surface area contributed by atoms with Crippen molar-refractivity contribution in [3.05, 3.63) is 75.5 Å². The van der Waals surface area contributed by atoms with E-state index in [1.807, 2.05) is 60.4 Å². The van der Waals surface area contributed by atoms with E-state index in [-0.39, 0.29) is 11.2 Å². The van der Waals surface area contributed by atoms with Crippen LogP contribution in [0.3, 0.4) is 0 Å². The van der Waals surface area contributed by atoms with E-state index in [2.05, 4.69) is 0 Å². The highest BCUT2D eigenvalue weighted by Crippen LogP contribution is 2.35. The van der Waals surface area contributed by atoms with Gasteiger partial charge < -0.3 is 9.32 Å². The number of Topliss-reactive ketones (excluding diaryl/α,β-unsaturated/α-hetero) is 1. The number of fused-ring (bicyclic) bond motifs is 2. The Morgan fingerprint density at radius 2 is 1.88 bits per heavy atom. The SMILES string of the molecule is CC(=O)C1=Cc2c(oc3ccc(C)cc3c2=O)N(c2ccccc2)C1. The molecule has 0 atom stereocenters. The molecule has 4 rings (SSSR count). The molecule has 1 aliphatic rings. The first-order valence-electron chi connectivity index (χ1n) is 8.16. The van der Waals surface area contributed by atoms with Gasteiger partial charge in [0, 0.05) is 11.3 Å². The van der Waals surface area contributed by atoms with Gasteiger partial charge in [0.05, 0.1) is 17.5 Å². The molecule has 4 heteroatoms. The summed E-state index contributed by atoms with van der Waals surface area (Å²) in [5.41, 5.74) is 3.33. The van der Waals surface area contributed by atoms with Gasteiger partial charge in [-0.2, -0.15) is 0 Å². The predicted octanol–water partition coefficient (Wildman–Crippen LogP) is 4.23. The molecule has 0 unspecified atom stereocenters. The van der Waals surface area contributed by atoms with Crippen LogP contribution < -0.4 is 10.3 Å². The van der Waals surface area contributed by atoms with Crippen LogP contribution in [0.1, 0.15) is 18.1 Å². The van der Waals surface area contributed by atoms with E-state index >= 15 is 0 Å². The van der Waals surface area contributed by atoms with E-state index in [0.717, 1.165) is 11.3 Å². The van der Waals surface area contributed by atoms with Gasteiger partial charge in [0.2, 0.25) is 11.3 Å². The summed E-state index contributed by atoms with van der Waals surface area (Å²) in [7, 11) is 0. The summed E-state index contributed by atoms with van der Waals surface area (Å²) in [5, 5.41) is 0.535. The van der Waals surface area contributed by atoms with E-state index in [1.165, 1.54) is 6.92 Å². The Balaban J connectivity index is 2.04. The van der Waals surface area contributed by atoms with Crippen molar-refractivity contribution in [2.45, 2.75) is 13.8 Å². The molecule has 0 spiro atoms. The highest BCUT2D eigenvalue weighted by atomic mass is 16.4. The largest absolute Gasteiger partial charge is 0.439 e. The third kappa shape index (κ3) is 2.56. The first-order chi connectivity index (χ1) is 12.0. The molecule has 1 aromatic heterocycles. The van der Waals surface area contributed by atoms with Gasteiger partial charge in [-0.1, -0.05) is 29.8 Å². The summed E-state index contributed by atoms with van der Waals surface area (Å²) in [5.74, 6) is 0.438. The van der Waals surface area contributed by atoms with Crippen LogP contribution in [0.2, 0.25) is 0 Å². The zero-order chi connectivity index (χ0) is 17.6. The number of aryl methyl sites for hydroxylation is 1. The van der Waals surface area contributed by atoms with Gasteiger partial charge in [0.15, 0.2) is 5.78 Å². The van der Waals surface area contributed by atoms with Crippen molar-refractivity contribution in [2.24, 2.45) is 0 Å². The molecule has 0 radical (unpaired) electrons. The Morgan fingerprint density at radius 3 is 2.60 bits per heavy atom. The fraction of sp³-hybridized carbons (Fsp3) is 0.143. The maximum absolute atomic E-state index is 13.0. The summed E-state index contributed by atoms with van der Waals surface area (Å²) in [6.07, 6.45) is 1.67. The molecule has 1 aliphatic heterocycles. The number of ketones is 1. The number of carbonyl (C=O) groups excluding carboxylic acids is 1. The third-order valence-electron chi connectivity index (χ3n) is 4.47. The number of anilines is 2. The summed E-state index contributed by atoms with van der Waals surface area (Å²) in [4.78, 5) is 26.9. The molecule has 2 aromatic carbocycles. The van der Waals surface area contributed by atoms with Crippen molar-refractivity contribution in [3.63, 3.8) is 0 Å². The highest BCUT2D eigenvalue weighted by molar-refractivity contribution is 6.02. The maximum Gasteiger partial charge on any atom is 0.212 e. The molecule has 0 saturated heterocycles. The molecule has 2 heterocycles. The van der Waals surface area contributed by atoms with Gasteiger partial charge in [-0.05, 0) is 44.2 Å². The number of nitrogens with zero attached hydrogens (tertiary/aromatic N) is 1. The van der Waals surface area contributed by atoms with Crippen LogP contribution in [0, 0.1) is 6.92 Å². The lowest BCUT2D eigenvalue weighted by Crippen LogP contribution is -2.29. The number of benzene rings is 2. The second kappa shape index (κ2) is 5.74. The lowest BCUT2D eigenvalue weighted by atomic mass is 10.0. The van der Waals surface area contributed by atoms with Crippen LogP contribution in [0.25, 0.3) is 17.0 Å². The Kier molecular flexibility index (Phi) is 3.53. The lowest BCUT2D eigenvalue weighted by Gasteiger charge is -2.29. The Hall–Kier alpha value is -3.14. The molecule has 0 fully saturated rings. The van der Waals surface area contributed by atoms with Crippen molar-refractivity contribution in [2.75, 3.05) is 11.4 Å². The Morgan fingerprint density at radius 1 is 1.12 bits per heavy atom. The molecule has 25 heavy (non-hydrogen) atoms. The zero-order valence-electron chi connectivity index (χ0n) is 14.1. The van der Waals surface area contributed by atoms with E-state index in [9.17, 15) is 9.59 Å². The number of para-hydroxylation sites is 1. The van der Waals surface area contributed by atoms with Crippen LogP contribution in [0.5, 0.6) is 0 Å². The summed E-state index contributed by atoms with van der Waals surface area (Å²) in [6.45, 7) is 3.84. The average molecular weight is 331 g/mol. The summed E-state index contributed by atoms with van der Waals surface area (Å²) in [6, 6.07) is 15.2. The molecule has 124 valence electrons. The van der Waals surface area contributed by atoms with Crippen molar-refractivity contribution in [1.82, 2.24) is 0 Å². The standard InChI is InChI=1S/C21H17NO3/c1-13-8-9-19-17(10-13)20(24)18-11-15(14(2)23)12-22(21(18)25-19)16-6-4-3-5-7-16/h3-11H,12H2,1-2H3. The van der Waals surface area contributed by atoms with Crippen LogP contribution in [0.15, 0.2) is 63.3 Å². The molecular formula is C21H17NO3. The quantitative estimate of drug-likeness (QED) is 0.705. The minimum Gasteiger partial charge on any atom is -0.439 e. The van der Waals surface area contributed by atoms with Gasteiger partial charge in [0.1, 0.15) is 5.58 Å².